The molecule has 0 heterocycles. The molecule has 2 nitrogen and oxygen atoms in total. The van der Waals surface area contributed by atoms with Crippen LogP contribution in [-0.2, 0) is 0 Å². The maximum Gasteiger partial charge on any atom is 0.0104 e. The molecule has 0 aromatic heterocycles. The first-order valence-corrected chi connectivity index (χ1v) is 5.16. The zero-order chi connectivity index (χ0) is 9.40. The van der Waals surface area contributed by atoms with Gasteiger partial charge in [0, 0.05) is 19.1 Å². The van der Waals surface area contributed by atoms with Gasteiger partial charge in [0.2, 0.25) is 0 Å². The minimum absolute atomic E-state index is 0.744. The van der Waals surface area contributed by atoms with Crippen LogP contribution >= 0.6 is 0 Å². The summed E-state index contributed by atoms with van der Waals surface area (Å²) in [6.07, 6.45) is 5.21. The maximum atomic E-state index is 5.51. The van der Waals surface area contributed by atoms with Gasteiger partial charge in [0.05, 0.1) is 0 Å². The molecule has 0 aliphatic heterocycles. The molecule has 74 valence electrons. The molecule has 0 aromatic carbocycles. The van der Waals surface area contributed by atoms with E-state index in [1.54, 1.807) is 0 Å². The Labute approximate surface area is 77.1 Å². The van der Waals surface area contributed by atoms with E-state index in [0.29, 0.717) is 0 Å². The van der Waals surface area contributed by atoms with Crippen LogP contribution < -0.4 is 5.73 Å². The predicted molar refractivity (Wildman–Crippen MR) is 55.3 cm³/mol. The molecule has 2 N–H and O–H groups in total. The van der Waals surface area contributed by atoms with E-state index in [9.17, 15) is 0 Å². The Balaban J connectivity index is 3.62. The van der Waals surface area contributed by atoms with Gasteiger partial charge in [-0.05, 0) is 19.9 Å². The second-order valence-corrected chi connectivity index (χ2v) is 3.47. The number of unbranched alkanes of at least 4 members (excludes halogenated alkanes) is 1. The van der Waals surface area contributed by atoms with Crippen LogP contribution in [0.15, 0.2) is 0 Å². The standard InChI is InChI=1S/C10H24N2/c1-4-6-7-10(5-2)12(3)9-8-11/h10H,4-9,11H2,1-3H3. The van der Waals surface area contributed by atoms with Crippen molar-refractivity contribution >= 4 is 0 Å². The lowest BCUT2D eigenvalue weighted by Gasteiger charge is -2.26. The third-order valence-corrected chi connectivity index (χ3v) is 2.47. The van der Waals surface area contributed by atoms with Crippen LogP contribution in [0.2, 0.25) is 0 Å². The van der Waals surface area contributed by atoms with E-state index in [4.69, 9.17) is 5.73 Å². The summed E-state index contributed by atoms with van der Waals surface area (Å²) in [7, 11) is 2.18. The average molecular weight is 172 g/mol. The molecule has 0 fully saturated rings. The highest BCUT2D eigenvalue weighted by molar-refractivity contribution is 4.66. The summed E-state index contributed by atoms with van der Waals surface area (Å²) in [5.74, 6) is 0. The van der Waals surface area contributed by atoms with Crippen molar-refractivity contribution < 1.29 is 0 Å². The Morgan fingerprint density at radius 3 is 2.42 bits per heavy atom. The molecular formula is C10H24N2. The lowest BCUT2D eigenvalue weighted by Crippen LogP contribution is -2.35. The highest BCUT2D eigenvalue weighted by Gasteiger charge is 2.10. The molecule has 0 spiro atoms. The van der Waals surface area contributed by atoms with Crippen LogP contribution in [0.25, 0.3) is 0 Å². The van der Waals surface area contributed by atoms with Crippen molar-refractivity contribution in [2.24, 2.45) is 5.73 Å². The minimum atomic E-state index is 0.744. The molecule has 0 radical (unpaired) electrons. The average Bonchev–Trinajstić information content (AvgIpc) is 2.06. The van der Waals surface area contributed by atoms with Crippen molar-refractivity contribution in [2.75, 3.05) is 20.1 Å². The van der Waals surface area contributed by atoms with Crippen LogP contribution in [0.4, 0.5) is 0 Å². The molecule has 0 aliphatic rings. The van der Waals surface area contributed by atoms with Crippen LogP contribution in [-0.4, -0.2) is 31.1 Å². The van der Waals surface area contributed by atoms with Crippen molar-refractivity contribution in [3.63, 3.8) is 0 Å². The van der Waals surface area contributed by atoms with Gasteiger partial charge in [-0.1, -0.05) is 26.7 Å². The van der Waals surface area contributed by atoms with E-state index in [2.05, 4.69) is 25.8 Å². The lowest BCUT2D eigenvalue weighted by molar-refractivity contribution is 0.226. The molecule has 2 heteroatoms. The third kappa shape index (κ3) is 4.73. The third-order valence-electron chi connectivity index (χ3n) is 2.47. The van der Waals surface area contributed by atoms with E-state index < -0.39 is 0 Å². The molecule has 1 atom stereocenters. The van der Waals surface area contributed by atoms with Crippen molar-refractivity contribution in [2.45, 2.75) is 45.6 Å². The normalized spacial score (nSPS) is 13.8. The number of likely N-dealkylation sites (N-methyl/N-ethyl adjacent to an activating group) is 1. The zero-order valence-electron chi connectivity index (χ0n) is 8.84. The molecule has 0 aromatic rings. The zero-order valence-corrected chi connectivity index (χ0v) is 8.84. The summed E-state index contributed by atoms with van der Waals surface area (Å²) in [4.78, 5) is 2.38. The van der Waals surface area contributed by atoms with Crippen LogP contribution in [0, 0.1) is 0 Å². The summed E-state index contributed by atoms with van der Waals surface area (Å²) < 4.78 is 0. The SMILES string of the molecule is CCCCC(CC)N(C)CCN. The second kappa shape index (κ2) is 7.56. The molecule has 0 amide bonds. The Morgan fingerprint density at radius 2 is 2.00 bits per heavy atom. The van der Waals surface area contributed by atoms with Gasteiger partial charge < -0.3 is 10.6 Å². The summed E-state index contributed by atoms with van der Waals surface area (Å²) in [6, 6.07) is 0.744. The van der Waals surface area contributed by atoms with Crippen molar-refractivity contribution in [3.8, 4) is 0 Å². The van der Waals surface area contributed by atoms with Crippen molar-refractivity contribution in [1.82, 2.24) is 4.90 Å². The van der Waals surface area contributed by atoms with Crippen molar-refractivity contribution in [1.29, 1.82) is 0 Å². The van der Waals surface area contributed by atoms with Crippen LogP contribution in [0.5, 0.6) is 0 Å². The van der Waals surface area contributed by atoms with Crippen LogP contribution in [0.3, 0.4) is 0 Å². The van der Waals surface area contributed by atoms with Crippen LogP contribution in [0.1, 0.15) is 39.5 Å². The number of nitrogens with two attached hydrogens (primary N) is 1. The molecule has 0 aliphatic carbocycles. The Kier molecular flexibility index (Phi) is 7.51. The first-order valence-electron chi connectivity index (χ1n) is 5.16. The fourth-order valence-corrected chi connectivity index (χ4v) is 1.56. The van der Waals surface area contributed by atoms with E-state index >= 15 is 0 Å². The maximum absolute atomic E-state index is 5.51. The monoisotopic (exact) mass is 172 g/mol. The molecule has 0 saturated carbocycles. The lowest BCUT2D eigenvalue weighted by atomic mass is 10.1. The predicted octanol–water partition coefficient (Wildman–Crippen LogP) is 1.85. The Hall–Kier alpha value is -0.0800. The Bertz CT molecular complexity index is 93.8. The summed E-state index contributed by atoms with van der Waals surface area (Å²) in [6.45, 7) is 6.31. The van der Waals surface area contributed by atoms with E-state index in [-0.39, 0.29) is 0 Å². The number of hydrogen-bond donors (Lipinski definition) is 1. The largest absolute Gasteiger partial charge is 0.329 e. The van der Waals surface area contributed by atoms with E-state index in [1.807, 2.05) is 0 Å². The quantitative estimate of drug-likeness (QED) is 0.635. The van der Waals surface area contributed by atoms with Gasteiger partial charge in [-0.25, -0.2) is 0 Å². The van der Waals surface area contributed by atoms with Gasteiger partial charge in [0.25, 0.3) is 0 Å². The summed E-state index contributed by atoms with van der Waals surface area (Å²) >= 11 is 0. The van der Waals surface area contributed by atoms with E-state index in [1.165, 1.54) is 25.7 Å². The molecule has 0 bridgehead atoms. The molecule has 0 rings (SSSR count). The first-order chi connectivity index (χ1) is 5.76. The molecular weight excluding hydrogens is 148 g/mol. The Morgan fingerprint density at radius 1 is 1.33 bits per heavy atom. The highest BCUT2D eigenvalue weighted by atomic mass is 15.1. The summed E-state index contributed by atoms with van der Waals surface area (Å²) in [5, 5.41) is 0. The van der Waals surface area contributed by atoms with Gasteiger partial charge >= 0.3 is 0 Å². The van der Waals surface area contributed by atoms with Gasteiger partial charge in [0.15, 0.2) is 0 Å². The van der Waals surface area contributed by atoms with Gasteiger partial charge in [-0.15, -0.1) is 0 Å². The molecule has 1 unspecified atom stereocenters. The first kappa shape index (κ1) is 11.9. The minimum Gasteiger partial charge on any atom is -0.329 e. The topological polar surface area (TPSA) is 29.3 Å². The second-order valence-electron chi connectivity index (χ2n) is 3.47. The molecule has 12 heavy (non-hydrogen) atoms. The van der Waals surface area contributed by atoms with E-state index in [0.717, 1.165) is 19.1 Å². The van der Waals surface area contributed by atoms with Gasteiger partial charge in [-0.2, -0.15) is 0 Å². The summed E-state index contributed by atoms with van der Waals surface area (Å²) in [5.41, 5.74) is 5.51. The van der Waals surface area contributed by atoms with Gasteiger partial charge in [0.1, 0.15) is 0 Å². The fraction of sp³-hybridized carbons (Fsp3) is 1.00. The fourth-order valence-electron chi connectivity index (χ4n) is 1.56. The highest BCUT2D eigenvalue weighted by Crippen LogP contribution is 2.09. The smallest absolute Gasteiger partial charge is 0.0104 e. The van der Waals surface area contributed by atoms with Crippen molar-refractivity contribution in [3.05, 3.63) is 0 Å². The molecule has 0 saturated heterocycles. The number of rotatable bonds is 7. The number of hydrogen-bond acceptors (Lipinski definition) is 2. The van der Waals surface area contributed by atoms with Gasteiger partial charge in [-0.3, -0.25) is 0 Å². The number of nitrogens with zero attached hydrogens (tertiary/aromatic N) is 1.